The minimum atomic E-state index is 0.622. The van der Waals surface area contributed by atoms with Gasteiger partial charge in [-0.15, -0.1) is 0 Å². The average molecular weight is 352 g/mol. The van der Waals surface area contributed by atoms with Gasteiger partial charge >= 0.3 is 0 Å². The number of aryl methyl sites for hydroxylation is 1. The Morgan fingerprint density at radius 1 is 1.29 bits per heavy atom. The molecule has 0 aliphatic carbocycles. The van der Waals surface area contributed by atoms with Gasteiger partial charge < -0.3 is 15.5 Å². The van der Waals surface area contributed by atoms with Crippen molar-refractivity contribution in [2.45, 2.75) is 20.3 Å². The first-order chi connectivity index (χ1) is 10.1. The van der Waals surface area contributed by atoms with Crippen LogP contribution in [0.3, 0.4) is 0 Å². The lowest BCUT2D eigenvalue weighted by atomic mass is 10.2. The van der Waals surface area contributed by atoms with E-state index in [0.29, 0.717) is 5.82 Å². The van der Waals surface area contributed by atoms with Crippen molar-refractivity contribution < 1.29 is 4.74 Å². The molecule has 6 nitrogen and oxygen atoms in total. The van der Waals surface area contributed by atoms with Gasteiger partial charge in [0.2, 0.25) is 0 Å². The van der Waals surface area contributed by atoms with Crippen molar-refractivity contribution in [3.8, 4) is 5.75 Å². The van der Waals surface area contributed by atoms with Crippen LogP contribution in [-0.2, 0) is 6.42 Å². The fourth-order valence-electron chi connectivity index (χ4n) is 1.86. The molecule has 7 heteroatoms. The van der Waals surface area contributed by atoms with Gasteiger partial charge in [0, 0.05) is 17.7 Å². The number of nitrogens with zero attached hydrogens (tertiary/aromatic N) is 2. The van der Waals surface area contributed by atoms with Crippen LogP contribution in [0.4, 0.5) is 17.3 Å². The van der Waals surface area contributed by atoms with Crippen molar-refractivity contribution >= 4 is 33.3 Å². The number of benzene rings is 1. The van der Waals surface area contributed by atoms with Crippen LogP contribution in [0.5, 0.6) is 5.75 Å². The van der Waals surface area contributed by atoms with Crippen molar-refractivity contribution in [3.05, 3.63) is 34.1 Å². The highest BCUT2D eigenvalue weighted by Crippen LogP contribution is 2.30. The summed E-state index contributed by atoms with van der Waals surface area (Å²) in [5.41, 5.74) is 4.37. The number of hydrazine groups is 1. The van der Waals surface area contributed by atoms with Gasteiger partial charge in [0.15, 0.2) is 0 Å². The van der Waals surface area contributed by atoms with Gasteiger partial charge in [0.05, 0.1) is 11.6 Å². The van der Waals surface area contributed by atoms with E-state index in [-0.39, 0.29) is 0 Å². The number of nitrogens with one attached hydrogen (secondary N) is 2. The molecule has 0 amide bonds. The number of hydrogen-bond acceptors (Lipinski definition) is 6. The Balaban J connectivity index is 2.36. The van der Waals surface area contributed by atoms with E-state index in [0.717, 1.165) is 39.5 Å². The minimum Gasteiger partial charge on any atom is -0.496 e. The van der Waals surface area contributed by atoms with Crippen molar-refractivity contribution in [1.29, 1.82) is 0 Å². The van der Waals surface area contributed by atoms with E-state index in [1.807, 2.05) is 32.0 Å². The lowest BCUT2D eigenvalue weighted by Crippen LogP contribution is -2.13. The van der Waals surface area contributed by atoms with Crippen molar-refractivity contribution in [1.82, 2.24) is 9.97 Å². The molecule has 0 spiro atoms. The smallest absolute Gasteiger partial charge is 0.148 e. The lowest BCUT2D eigenvalue weighted by Gasteiger charge is -2.14. The highest BCUT2D eigenvalue weighted by atomic mass is 79.9. The highest BCUT2D eigenvalue weighted by molar-refractivity contribution is 9.10. The summed E-state index contributed by atoms with van der Waals surface area (Å²) in [6, 6.07) is 5.74. The fourth-order valence-corrected chi connectivity index (χ4v) is 2.40. The average Bonchev–Trinajstić information content (AvgIpc) is 2.49. The molecule has 21 heavy (non-hydrogen) atoms. The molecule has 0 fully saturated rings. The van der Waals surface area contributed by atoms with Crippen LogP contribution in [-0.4, -0.2) is 17.1 Å². The number of nitrogen functional groups attached to an aromatic ring is 1. The Hall–Kier alpha value is -1.86. The monoisotopic (exact) mass is 351 g/mol. The van der Waals surface area contributed by atoms with Crippen LogP contribution in [0.2, 0.25) is 0 Å². The summed E-state index contributed by atoms with van der Waals surface area (Å²) in [5.74, 6) is 8.36. The predicted octanol–water partition coefficient (Wildman–Crippen LogP) is 3.15. The third-order valence-electron chi connectivity index (χ3n) is 3.06. The van der Waals surface area contributed by atoms with Crippen LogP contribution in [0.25, 0.3) is 0 Å². The maximum atomic E-state index is 5.51. The number of ether oxygens (including phenoxy) is 1. The van der Waals surface area contributed by atoms with Crippen molar-refractivity contribution in [3.63, 3.8) is 0 Å². The molecule has 0 radical (unpaired) electrons. The third-order valence-corrected chi connectivity index (χ3v) is 3.68. The highest BCUT2D eigenvalue weighted by Gasteiger charge is 2.10. The van der Waals surface area contributed by atoms with Crippen LogP contribution >= 0.6 is 15.9 Å². The summed E-state index contributed by atoms with van der Waals surface area (Å²) < 4.78 is 6.09. The van der Waals surface area contributed by atoms with Gasteiger partial charge in [0.25, 0.3) is 0 Å². The van der Waals surface area contributed by atoms with Gasteiger partial charge in [-0.1, -0.05) is 6.92 Å². The normalized spacial score (nSPS) is 10.3. The Kier molecular flexibility index (Phi) is 4.98. The SMILES string of the molecule is CCc1nc(NN)c(C)c(Nc2ccc(OC)c(Br)c2)n1. The molecular weight excluding hydrogens is 334 g/mol. The number of nitrogens with two attached hydrogens (primary N) is 1. The Labute approximate surface area is 132 Å². The molecule has 1 heterocycles. The molecule has 2 rings (SSSR count). The van der Waals surface area contributed by atoms with Crippen LogP contribution in [0.15, 0.2) is 22.7 Å². The van der Waals surface area contributed by atoms with E-state index in [2.05, 4.69) is 36.6 Å². The van der Waals surface area contributed by atoms with E-state index in [9.17, 15) is 0 Å². The van der Waals surface area contributed by atoms with Crippen molar-refractivity contribution in [2.75, 3.05) is 17.9 Å². The predicted molar refractivity (Wildman–Crippen MR) is 87.9 cm³/mol. The van der Waals surface area contributed by atoms with Crippen LogP contribution in [0.1, 0.15) is 18.3 Å². The molecule has 2 aromatic rings. The second-order valence-corrected chi connectivity index (χ2v) is 5.29. The second kappa shape index (κ2) is 6.73. The minimum absolute atomic E-state index is 0.622. The zero-order valence-corrected chi connectivity index (χ0v) is 13.8. The molecule has 112 valence electrons. The molecule has 1 aromatic heterocycles. The molecule has 4 N–H and O–H groups in total. The summed E-state index contributed by atoms with van der Waals surface area (Å²) in [7, 11) is 1.63. The summed E-state index contributed by atoms with van der Waals surface area (Å²) in [6.07, 6.45) is 0.732. The zero-order chi connectivity index (χ0) is 15.4. The van der Waals surface area contributed by atoms with E-state index in [4.69, 9.17) is 10.6 Å². The first-order valence-electron chi connectivity index (χ1n) is 6.53. The third kappa shape index (κ3) is 3.43. The summed E-state index contributed by atoms with van der Waals surface area (Å²) >= 11 is 3.47. The molecule has 0 bridgehead atoms. The number of anilines is 3. The van der Waals surface area contributed by atoms with Crippen molar-refractivity contribution in [2.24, 2.45) is 5.84 Å². The Bertz CT molecular complexity index is 648. The fraction of sp³-hybridized carbons (Fsp3) is 0.286. The Morgan fingerprint density at radius 2 is 2.00 bits per heavy atom. The summed E-state index contributed by atoms with van der Waals surface area (Å²) in [5, 5.41) is 3.28. The second-order valence-electron chi connectivity index (χ2n) is 4.43. The van der Waals surface area contributed by atoms with E-state index in [1.165, 1.54) is 0 Å². The maximum Gasteiger partial charge on any atom is 0.148 e. The quantitative estimate of drug-likeness (QED) is 0.566. The number of methoxy groups -OCH3 is 1. The molecule has 0 saturated heterocycles. The van der Waals surface area contributed by atoms with E-state index >= 15 is 0 Å². The van der Waals surface area contributed by atoms with Gasteiger partial charge in [-0.2, -0.15) is 0 Å². The molecule has 0 unspecified atom stereocenters. The number of aromatic nitrogens is 2. The molecule has 0 aliphatic heterocycles. The first kappa shape index (κ1) is 15.5. The molecular formula is C14H18BrN5O. The van der Waals surface area contributed by atoms with Gasteiger partial charge in [-0.05, 0) is 41.1 Å². The Morgan fingerprint density at radius 3 is 2.57 bits per heavy atom. The summed E-state index contributed by atoms with van der Waals surface area (Å²) in [6.45, 7) is 3.91. The molecule has 0 atom stereocenters. The topological polar surface area (TPSA) is 85.1 Å². The number of hydrogen-bond donors (Lipinski definition) is 3. The standard InChI is InChI=1S/C14H18BrN5O/c1-4-12-18-13(8(2)14(19-12)20-16)17-9-5-6-11(21-3)10(15)7-9/h5-7H,4,16H2,1-3H3,(H2,17,18,19,20). The number of rotatable bonds is 5. The zero-order valence-electron chi connectivity index (χ0n) is 12.2. The van der Waals surface area contributed by atoms with E-state index < -0.39 is 0 Å². The first-order valence-corrected chi connectivity index (χ1v) is 7.33. The lowest BCUT2D eigenvalue weighted by molar-refractivity contribution is 0.412. The largest absolute Gasteiger partial charge is 0.496 e. The molecule has 0 aliphatic rings. The summed E-state index contributed by atoms with van der Waals surface area (Å²) in [4.78, 5) is 8.84. The molecule has 0 saturated carbocycles. The van der Waals surface area contributed by atoms with Crippen LogP contribution < -0.4 is 21.3 Å². The van der Waals surface area contributed by atoms with Gasteiger partial charge in [0.1, 0.15) is 23.2 Å². The van der Waals surface area contributed by atoms with Gasteiger partial charge in [-0.3, -0.25) is 0 Å². The van der Waals surface area contributed by atoms with E-state index in [1.54, 1.807) is 7.11 Å². The molecule has 1 aromatic carbocycles. The maximum absolute atomic E-state index is 5.51. The van der Waals surface area contributed by atoms with Crippen LogP contribution in [0, 0.1) is 6.92 Å². The van der Waals surface area contributed by atoms with Gasteiger partial charge in [-0.25, -0.2) is 15.8 Å². The number of halogens is 1.